The summed E-state index contributed by atoms with van der Waals surface area (Å²) in [4.78, 5) is 31.2. The van der Waals surface area contributed by atoms with E-state index in [1.54, 1.807) is 29.8 Å². The lowest BCUT2D eigenvalue weighted by Crippen LogP contribution is -2.45. The third kappa shape index (κ3) is 7.00. The number of ether oxygens (including phenoxy) is 4. The van der Waals surface area contributed by atoms with Gasteiger partial charge in [-0.3, -0.25) is 9.59 Å². The van der Waals surface area contributed by atoms with Crippen molar-refractivity contribution in [3.8, 4) is 34.4 Å². The molecule has 4 aromatic rings. The molecule has 47 heavy (non-hydrogen) atoms. The number of hydrogen-bond acceptors (Lipinski definition) is 10. The summed E-state index contributed by atoms with van der Waals surface area (Å²) >= 11 is 0. The topological polar surface area (TPSA) is 163 Å². The summed E-state index contributed by atoms with van der Waals surface area (Å²) < 4.78 is 53.1. The van der Waals surface area contributed by atoms with Crippen molar-refractivity contribution in [1.82, 2.24) is 29.7 Å². The van der Waals surface area contributed by atoms with Gasteiger partial charge in [-0.15, -0.1) is 0 Å². The van der Waals surface area contributed by atoms with E-state index in [0.29, 0.717) is 41.3 Å². The zero-order valence-electron chi connectivity index (χ0n) is 25.8. The van der Waals surface area contributed by atoms with E-state index in [0.717, 1.165) is 9.87 Å². The number of methoxy groups -OCH3 is 1. The number of sulfonamides is 1. The van der Waals surface area contributed by atoms with Crippen molar-refractivity contribution in [2.45, 2.75) is 24.4 Å². The number of nitrogens with zero attached hydrogens (tertiary/aromatic N) is 4. The van der Waals surface area contributed by atoms with Crippen molar-refractivity contribution in [3.05, 3.63) is 78.1 Å². The van der Waals surface area contributed by atoms with Gasteiger partial charge in [-0.1, -0.05) is 30.3 Å². The van der Waals surface area contributed by atoms with Gasteiger partial charge in [-0.05, 0) is 37.3 Å². The van der Waals surface area contributed by atoms with Crippen LogP contribution in [-0.4, -0.2) is 85.9 Å². The van der Waals surface area contributed by atoms with Gasteiger partial charge in [-0.25, -0.2) is 18.1 Å². The second-order valence-electron chi connectivity index (χ2n) is 10.8. The predicted octanol–water partition coefficient (Wildman–Crippen LogP) is 2.42. The monoisotopic (exact) mass is 662 g/mol. The van der Waals surface area contributed by atoms with E-state index >= 15 is 0 Å². The van der Waals surface area contributed by atoms with Crippen LogP contribution in [0.2, 0.25) is 0 Å². The molecule has 2 N–H and O–H groups in total. The smallest absolute Gasteiger partial charge is 0.251 e. The van der Waals surface area contributed by atoms with E-state index in [4.69, 9.17) is 23.9 Å². The van der Waals surface area contributed by atoms with Crippen molar-refractivity contribution < 1.29 is 37.0 Å². The highest BCUT2D eigenvalue weighted by Gasteiger charge is 2.30. The van der Waals surface area contributed by atoms with Gasteiger partial charge in [0, 0.05) is 30.3 Å². The summed E-state index contributed by atoms with van der Waals surface area (Å²) in [5.74, 6) is 1.37. The summed E-state index contributed by atoms with van der Waals surface area (Å²) in [6.07, 6.45) is 0. The van der Waals surface area contributed by atoms with Crippen LogP contribution in [0.4, 0.5) is 0 Å². The molecule has 0 fully saturated rings. The molecule has 14 nitrogen and oxygen atoms in total. The SMILES string of the molecule is COc1ccc2cc1OCCn1nc(-c3ccccc3)nc1[C@@H](C)NC(=O)CN(S(=O)(=O)c1ccc3c(c1)OCCO3)CCNC2=O. The summed E-state index contributed by atoms with van der Waals surface area (Å²) in [5, 5.41) is 10.3. The first kappa shape index (κ1) is 31.8. The number of carbonyl (C=O) groups excluding carboxylic acids is 2. The normalized spacial score (nSPS) is 17.8. The van der Waals surface area contributed by atoms with E-state index in [-0.39, 0.29) is 43.3 Å². The maximum absolute atomic E-state index is 13.9. The van der Waals surface area contributed by atoms with Gasteiger partial charge in [0.2, 0.25) is 15.9 Å². The Labute approximate surface area is 271 Å². The quantitative estimate of drug-likeness (QED) is 0.332. The lowest BCUT2D eigenvalue weighted by Gasteiger charge is -2.24. The van der Waals surface area contributed by atoms with Gasteiger partial charge in [0.15, 0.2) is 28.8 Å². The minimum Gasteiger partial charge on any atom is -0.493 e. The maximum atomic E-state index is 13.9. The van der Waals surface area contributed by atoms with Crippen molar-refractivity contribution in [2.24, 2.45) is 0 Å². The van der Waals surface area contributed by atoms with Gasteiger partial charge < -0.3 is 29.6 Å². The summed E-state index contributed by atoms with van der Waals surface area (Å²) in [7, 11) is -2.73. The van der Waals surface area contributed by atoms with Crippen LogP contribution in [0, 0.1) is 0 Å². The fourth-order valence-electron chi connectivity index (χ4n) is 5.25. The molecule has 3 aromatic carbocycles. The minimum atomic E-state index is -4.23. The highest BCUT2D eigenvalue weighted by Crippen LogP contribution is 2.33. The molecule has 1 aromatic heterocycles. The number of amides is 2. The van der Waals surface area contributed by atoms with Crippen LogP contribution in [0.1, 0.15) is 29.1 Å². The number of nitrogens with one attached hydrogen (secondary N) is 2. The molecule has 2 amide bonds. The molecule has 3 heterocycles. The van der Waals surface area contributed by atoms with E-state index in [1.807, 2.05) is 30.3 Å². The number of fused-ring (bicyclic) bond motifs is 4. The molecule has 1 atom stereocenters. The molecule has 2 aliphatic heterocycles. The van der Waals surface area contributed by atoms with E-state index < -0.39 is 34.4 Å². The van der Waals surface area contributed by atoms with Crippen LogP contribution in [0.25, 0.3) is 11.4 Å². The fourth-order valence-corrected chi connectivity index (χ4v) is 6.66. The lowest BCUT2D eigenvalue weighted by atomic mass is 10.2. The summed E-state index contributed by atoms with van der Waals surface area (Å²) in [6.45, 7) is 1.97. The van der Waals surface area contributed by atoms with E-state index in [1.165, 1.54) is 25.3 Å². The van der Waals surface area contributed by atoms with Gasteiger partial charge in [0.05, 0.1) is 31.1 Å². The Morgan fingerprint density at radius 3 is 2.43 bits per heavy atom. The maximum Gasteiger partial charge on any atom is 0.251 e. The summed E-state index contributed by atoms with van der Waals surface area (Å²) in [6, 6.07) is 17.8. The molecule has 0 aliphatic carbocycles. The van der Waals surface area contributed by atoms with Gasteiger partial charge in [0.25, 0.3) is 5.91 Å². The Morgan fingerprint density at radius 1 is 0.872 bits per heavy atom. The second-order valence-corrected chi connectivity index (χ2v) is 12.7. The fraction of sp³-hybridized carbons (Fsp3) is 0.312. The van der Waals surface area contributed by atoms with Crippen molar-refractivity contribution in [3.63, 3.8) is 0 Å². The number of aromatic nitrogens is 3. The molecule has 246 valence electrons. The van der Waals surface area contributed by atoms with Gasteiger partial charge in [-0.2, -0.15) is 9.40 Å². The number of benzene rings is 3. The summed E-state index contributed by atoms with van der Waals surface area (Å²) in [5.41, 5.74) is 1.07. The molecular weight excluding hydrogens is 628 g/mol. The Balaban J connectivity index is 1.34. The Hall–Kier alpha value is -5.15. The van der Waals surface area contributed by atoms with Crippen LogP contribution >= 0.6 is 0 Å². The molecule has 6 rings (SSSR count). The first-order chi connectivity index (χ1) is 22.7. The van der Waals surface area contributed by atoms with Gasteiger partial charge in [0.1, 0.15) is 25.6 Å². The molecule has 2 aliphatic rings. The van der Waals surface area contributed by atoms with Crippen molar-refractivity contribution in [1.29, 1.82) is 0 Å². The zero-order valence-corrected chi connectivity index (χ0v) is 26.7. The third-order valence-corrected chi connectivity index (χ3v) is 9.44. The highest BCUT2D eigenvalue weighted by atomic mass is 32.2. The minimum absolute atomic E-state index is 0.0796. The first-order valence-corrected chi connectivity index (χ1v) is 16.5. The number of carbonyl (C=O) groups is 2. The van der Waals surface area contributed by atoms with Crippen molar-refractivity contribution >= 4 is 21.8 Å². The largest absolute Gasteiger partial charge is 0.493 e. The molecule has 0 saturated carbocycles. The van der Waals surface area contributed by atoms with E-state index in [2.05, 4.69) is 15.7 Å². The lowest BCUT2D eigenvalue weighted by molar-refractivity contribution is -0.122. The predicted molar refractivity (Wildman–Crippen MR) is 169 cm³/mol. The average molecular weight is 663 g/mol. The van der Waals surface area contributed by atoms with Crippen LogP contribution in [0.15, 0.2) is 71.6 Å². The Kier molecular flexibility index (Phi) is 9.26. The van der Waals surface area contributed by atoms with Crippen molar-refractivity contribution in [2.75, 3.05) is 46.6 Å². The second kappa shape index (κ2) is 13.7. The Bertz CT molecular complexity index is 1880. The zero-order chi connectivity index (χ0) is 33.0. The Morgan fingerprint density at radius 2 is 1.64 bits per heavy atom. The van der Waals surface area contributed by atoms with E-state index in [9.17, 15) is 18.0 Å². The van der Waals surface area contributed by atoms with Crippen LogP contribution in [0.3, 0.4) is 0 Å². The third-order valence-electron chi connectivity index (χ3n) is 7.60. The standard InChI is InChI=1S/C32H34N6O8S/c1-21-31-35-30(22-6-4-3-5-7-22)36-38(31)14-15-44-27-18-23(8-10-25(27)43-2)32(40)33-12-13-37(20-29(39)34-21)47(41,42)24-9-11-26-28(19-24)46-17-16-45-26/h3-11,18-19,21H,12-17,20H2,1-2H3,(H,33,40)(H,34,39)/t21-/m1/s1. The molecule has 0 unspecified atom stereocenters. The molecule has 2 bridgehead atoms. The first-order valence-electron chi connectivity index (χ1n) is 15.0. The van der Waals surface area contributed by atoms with Crippen LogP contribution < -0.4 is 29.6 Å². The molecule has 0 radical (unpaired) electrons. The molecule has 0 saturated heterocycles. The van der Waals surface area contributed by atoms with Gasteiger partial charge >= 0.3 is 0 Å². The van der Waals surface area contributed by atoms with Crippen LogP contribution in [0.5, 0.6) is 23.0 Å². The van der Waals surface area contributed by atoms with Crippen LogP contribution in [-0.2, 0) is 21.4 Å². The molecular formula is C32H34N6O8S. The molecule has 0 spiro atoms. The number of hydrogen-bond donors (Lipinski definition) is 2. The highest BCUT2D eigenvalue weighted by molar-refractivity contribution is 7.89. The molecule has 15 heteroatoms. The average Bonchev–Trinajstić information content (AvgIpc) is 3.52. The number of rotatable bonds is 4.